The van der Waals surface area contributed by atoms with E-state index in [1.54, 1.807) is 0 Å². The Kier molecular flexibility index (Phi) is 5.18. The van der Waals surface area contributed by atoms with Gasteiger partial charge >= 0.3 is 5.97 Å². The normalized spacial score (nSPS) is 8.81. The summed E-state index contributed by atoms with van der Waals surface area (Å²) in [6.07, 6.45) is -0.361. The average molecular weight is 228 g/mol. The minimum atomic E-state index is -1.06. The van der Waals surface area contributed by atoms with Crippen LogP contribution in [0.25, 0.3) is 0 Å². The van der Waals surface area contributed by atoms with Crippen molar-refractivity contribution in [2.24, 2.45) is 0 Å². The number of carbonyl (C=O) groups excluding carboxylic acids is 1. The van der Waals surface area contributed by atoms with Crippen molar-refractivity contribution in [1.29, 1.82) is 0 Å². The van der Waals surface area contributed by atoms with Gasteiger partial charge < -0.3 is 22.3 Å². The molecule has 7 N–H and O–H groups in total. The first-order chi connectivity index (χ1) is 7.31. The van der Waals surface area contributed by atoms with Crippen LogP contribution in [0.3, 0.4) is 0 Å². The van der Waals surface area contributed by atoms with Gasteiger partial charge in [-0.05, 0) is 6.92 Å². The maximum atomic E-state index is 9.87. The third-order valence-corrected chi connectivity index (χ3v) is 1.09. The van der Waals surface area contributed by atoms with E-state index in [9.17, 15) is 9.59 Å². The smallest absolute Gasteiger partial charge is 0.310 e. The fraction of sp³-hybridized carbons (Fsp3) is 0.286. The zero-order valence-corrected chi connectivity index (χ0v) is 8.54. The van der Waals surface area contributed by atoms with Crippen LogP contribution in [0, 0.1) is 0 Å². The van der Waals surface area contributed by atoms with Crippen molar-refractivity contribution in [2.45, 2.75) is 13.3 Å². The van der Waals surface area contributed by atoms with E-state index in [-0.39, 0.29) is 30.0 Å². The highest BCUT2D eigenvalue weighted by molar-refractivity contribution is 5.93. The molecule has 1 aromatic heterocycles. The average Bonchev–Trinajstić information content (AvgIpc) is 1.97. The van der Waals surface area contributed by atoms with Gasteiger partial charge in [0, 0.05) is 0 Å². The molecular formula is C7H12N6O3. The molecule has 16 heavy (non-hydrogen) atoms. The van der Waals surface area contributed by atoms with Gasteiger partial charge in [-0.2, -0.15) is 15.0 Å². The summed E-state index contributed by atoms with van der Waals surface area (Å²) in [6.45, 7) is 1.24. The number of carboxylic acids is 1. The second kappa shape index (κ2) is 6.11. The monoisotopic (exact) mass is 228 g/mol. The minimum absolute atomic E-state index is 0.0417. The second-order valence-corrected chi connectivity index (χ2v) is 2.68. The molecule has 0 spiro atoms. The van der Waals surface area contributed by atoms with Gasteiger partial charge in [0.15, 0.2) is 0 Å². The number of hydrogen-bond donors (Lipinski definition) is 4. The molecule has 0 saturated carbocycles. The van der Waals surface area contributed by atoms with Gasteiger partial charge in [0.25, 0.3) is 0 Å². The van der Waals surface area contributed by atoms with E-state index in [1.807, 2.05) is 0 Å². The summed E-state index contributed by atoms with van der Waals surface area (Å²) in [6, 6.07) is 0. The number of carbonyl (C=O) groups is 2. The number of nitrogens with two attached hydrogens (primary N) is 3. The lowest BCUT2D eigenvalue weighted by atomic mass is 10.3. The molecule has 9 heteroatoms. The number of Topliss-reactive ketones (excluding diaryl/α,β-unsaturated/α-hetero) is 1. The fourth-order valence-corrected chi connectivity index (χ4v) is 0.640. The van der Waals surface area contributed by atoms with Gasteiger partial charge in [-0.3, -0.25) is 9.59 Å². The molecular weight excluding hydrogens is 216 g/mol. The van der Waals surface area contributed by atoms with Crippen LogP contribution in [0.15, 0.2) is 0 Å². The lowest BCUT2D eigenvalue weighted by Gasteiger charge is -1.93. The zero-order chi connectivity index (χ0) is 12.7. The fourth-order valence-electron chi connectivity index (χ4n) is 0.640. The summed E-state index contributed by atoms with van der Waals surface area (Å²) >= 11 is 0. The van der Waals surface area contributed by atoms with Gasteiger partial charge in [0.2, 0.25) is 17.8 Å². The van der Waals surface area contributed by atoms with Crippen LogP contribution in [0.4, 0.5) is 17.8 Å². The lowest BCUT2D eigenvalue weighted by Crippen LogP contribution is -2.05. The Hall–Kier alpha value is -2.45. The lowest BCUT2D eigenvalue weighted by molar-refractivity contribution is -0.139. The first-order valence-corrected chi connectivity index (χ1v) is 4.05. The molecule has 0 aliphatic rings. The molecule has 9 nitrogen and oxygen atoms in total. The highest BCUT2D eigenvalue weighted by Crippen LogP contribution is 1.97. The predicted molar refractivity (Wildman–Crippen MR) is 56.0 cm³/mol. The topological polar surface area (TPSA) is 171 Å². The summed E-state index contributed by atoms with van der Waals surface area (Å²) in [5.74, 6) is -1.25. The van der Waals surface area contributed by atoms with Gasteiger partial charge in [-0.25, -0.2) is 0 Å². The molecule has 0 unspecified atom stereocenters. The van der Waals surface area contributed by atoms with Crippen LogP contribution >= 0.6 is 0 Å². The van der Waals surface area contributed by atoms with E-state index in [0.29, 0.717) is 0 Å². The van der Waals surface area contributed by atoms with Crippen LogP contribution in [0.2, 0.25) is 0 Å². The minimum Gasteiger partial charge on any atom is -0.481 e. The van der Waals surface area contributed by atoms with E-state index in [2.05, 4.69) is 15.0 Å². The van der Waals surface area contributed by atoms with E-state index in [1.165, 1.54) is 6.92 Å². The van der Waals surface area contributed by atoms with Crippen molar-refractivity contribution in [3.63, 3.8) is 0 Å². The summed E-state index contributed by atoms with van der Waals surface area (Å²) < 4.78 is 0. The molecule has 0 bridgehead atoms. The first kappa shape index (κ1) is 13.5. The highest BCUT2D eigenvalue weighted by atomic mass is 16.4. The van der Waals surface area contributed by atoms with Crippen LogP contribution in [-0.4, -0.2) is 31.8 Å². The van der Waals surface area contributed by atoms with Gasteiger partial charge in [0.1, 0.15) is 12.2 Å². The molecule has 1 rings (SSSR count). The molecule has 0 fully saturated rings. The third kappa shape index (κ3) is 7.00. The predicted octanol–water partition coefficient (Wildman–Crippen LogP) is -1.33. The summed E-state index contributed by atoms with van der Waals surface area (Å²) in [5, 5.41) is 7.86. The van der Waals surface area contributed by atoms with Crippen LogP contribution in [-0.2, 0) is 9.59 Å². The molecule has 0 aliphatic heterocycles. The Morgan fingerprint density at radius 3 is 1.50 bits per heavy atom. The molecule has 0 saturated heterocycles. The Morgan fingerprint density at radius 2 is 1.38 bits per heavy atom. The second-order valence-electron chi connectivity index (χ2n) is 2.68. The van der Waals surface area contributed by atoms with E-state index in [4.69, 9.17) is 22.3 Å². The molecule has 0 aliphatic carbocycles. The number of anilines is 3. The van der Waals surface area contributed by atoms with Crippen LogP contribution in [0.5, 0.6) is 0 Å². The number of aromatic nitrogens is 3. The third-order valence-electron chi connectivity index (χ3n) is 1.09. The molecule has 88 valence electrons. The molecule has 0 aromatic carbocycles. The van der Waals surface area contributed by atoms with Crippen molar-refractivity contribution in [1.82, 2.24) is 15.0 Å². The van der Waals surface area contributed by atoms with E-state index >= 15 is 0 Å². The molecule has 0 amide bonds. The summed E-state index contributed by atoms with van der Waals surface area (Å²) in [4.78, 5) is 29.9. The van der Waals surface area contributed by atoms with Crippen molar-refractivity contribution in [3.05, 3.63) is 0 Å². The number of rotatable bonds is 2. The van der Waals surface area contributed by atoms with Gasteiger partial charge in [-0.15, -0.1) is 0 Å². The molecule has 0 radical (unpaired) electrons. The maximum Gasteiger partial charge on any atom is 0.310 e. The number of nitrogens with zero attached hydrogens (tertiary/aromatic N) is 3. The Balaban J connectivity index is 0.000000293. The number of hydrogen-bond acceptors (Lipinski definition) is 8. The van der Waals surface area contributed by atoms with Crippen LogP contribution in [0.1, 0.15) is 13.3 Å². The quantitative estimate of drug-likeness (QED) is 0.447. The molecule has 0 atom stereocenters. The molecule has 1 aromatic rings. The number of ketones is 1. The first-order valence-electron chi connectivity index (χ1n) is 4.05. The number of aliphatic carboxylic acids is 1. The van der Waals surface area contributed by atoms with Crippen molar-refractivity contribution < 1.29 is 14.7 Å². The maximum absolute atomic E-state index is 9.87. The number of nitrogen functional groups attached to an aromatic ring is 3. The van der Waals surface area contributed by atoms with Gasteiger partial charge in [0.05, 0.1) is 0 Å². The van der Waals surface area contributed by atoms with Crippen molar-refractivity contribution in [3.8, 4) is 0 Å². The Bertz CT molecular complexity index is 331. The summed E-state index contributed by atoms with van der Waals surface area (Å²) in [5.41, 5.74) is 15.4. The van der Waals surface area contributed by atoms with Crippen molar-refractivity contribution >= 4 is 29.6 Å². The SMILES string of the molecule is CC(=O)CC(=O)O.Nc1nc(N)nc(N)n1. The highest BCUT2D eigenvalue weighted by Gasteiger charge is 1.98. The largest absolute Gasteiger partial charge is 0.481 e. The van der Waals surface area contributed by atoms with E-state index in [0.717, 1.165) is 0 Å². The number of carboxylic acid groups (broad SMARTS) is 1. The van der Waals surface area contributed by atoms with E-state index < -0.39 is 5.97 Å². The standard InChI is InChI=1S/C4H6O3.C3H6N6/c1-3(5)2-4(6)7;4-1-7-2(5)9-3(6)8-1/h2H2,1H3,(H,6,7);(H6,4,5,6,7,8,9). The van der Waals surface area contributed by atoms with Crippen LogP contribution < -0.4 is 17.2 Å². The Labute approximate surface area is 90.7 Å². The molecule has 1 heterocycles. The van der Waals surface area contributed by atoms with Crippen molar-refractivity contribution in [2.75, 3.05) is 17.2 Å². The Morgan fingerprint density at radius 1 is 1.06 bits per heavy atom. The van der Waals surface area contributed by atoms with Gasteiger partial charge in [-0.1, -0.05) is 0 Å². The summed E-state index contributed by atoms with van der Waals surface area (Å²) in [7, 11) is 0. The zero-order valence-electron chi connectivity index (χ0n) is 8.54.